The normalized spacial score (nSPS) is 29.0. The highest BCUT2D eigenvalue weighted by Gasteiger charge is 2.52. The Morgan fingerprint density at radius 2 is 1.48 bits per heavy atom. The van der Waals surface area contributed by atoms with Gasteiger partial charge in [-0.1, -0.05) is 23.7 Å². The average molecular weight is 476 g/mol. The average Bonchev–Trinajstić information content (AvgIpc) is 2.68. The van der Waals surface area contributed by atoms with Gasteiger partial charge < -0.3 is 10.6 Å². The predicted molar refractivity (Wildman–Crippen MR) is 129 cm³/mol. The Morgan fingerprint density at radius 3 is 2.06 bits per heavy atom. The summed E-state index contributed by atoms with van der Waals surface area (Å²) in [5.41, 5.74) is 1.17. The van der Waals surface area contributed by atoms with Gasteiger partial charge in [-0.3, -0.25) is 0 Å². The van der Waals surface area contributed by atoms with Crippen molar-refractivity contribution in [1.29, 1.82) is 0 Å². The van der Waals surface area contributed by atoms with Gasteiger partial charge in [0, 0.05) is 11.2 Å². The number of anilines is 2. The van der Waals surface area contributed by atoms with Crippen LogP contribution in [0.5, 0.6) is 0 Å². The molecule has 0 atom stereocenters. The van der Waals surface area contributed by atoms with E-state index in [0.29, 0.717) is 44.2 Å². The molecule has 0 heterocycles. The van der Waals surface area contributed by atoms with Crippen molar-refractivity contribution in [3.63, 3.8) is 0 Å². The fourth-order valence-corrected chi connectivity index (χ4v) is 7.99. The van der Waals surface area contributed by atoms with Crippen LogP contribution in [0, 0.1) is 17.8 Å². The molecule has 4 fully saturated rings. The van der Waals surface area contributed by atoms with E-state index in [2.05, 4.69) is 15.4 Å². The molecule has 0 amide bonds. The first-order chi connectivity index (χ1) is 14.8. The second kappa shape index (κ2) is 8.03. The quantitative estimate of drug-likeness (QED) is 0.505. The van der Waals surface area contributed by atoms with Gasteiger partial charge in [0.25, 0.3) is 0 Å². The van der Waals surface area contributed by atoms with Gasteiger partial charge in [-0.15, -0.1) is 0 Å². The molecule has 0 radical (unpaired) electrons. The van der Waals surface area contributed by atoms with E-state index in [9.17, 15) is 8.42 Å². The lowest BCUT2D eigenvalue weighted by Crippen LogP contribution is -2.59. The monoisotopic (exact) mass is 475 g/mol. The molecule has 4 aliphatic carbocycles. The number of benzene rings is 2. The number of hydrogen-bond acceptors (Lipinski definition) is 3. The first-order valence-corrected chi connectivity index (χ1v) is 13.0. The molecule has 4 saturated carbocycles. The number of sulfonamides is 1. The van der Waals surface area contributed by atoms with Crippen molar-refractivity contribution in [3.05, 3.63) is 53.6 Å². The van der Waals surface area contributed by atoms with Crippen LogP contribution in [-0.4, -0.2) is 19.1 Å². The van der Waals surface area contributed by atoms with Gasteiger partial charge in [0.1, 0.15) is 0 Å². The number of nitrogens with one attached hydrogen (secondary N) is 3. The number of halogens is 1. The maximum atomic E-state index is 13.1. The zero-order valence-electron chi connectivity index (χ0n) is 17.1. The van der Waals surface area contributed by atoms with Crippen LogP contribution in [-0.2, 0) is 10.0 Å². The predicted octanol–water partition coefficient (Wildman–Crippen LogP) is 5.40. The van der Waals surface area contributed by atoms with Gasteiger partial charge in [0.15, 0.2) is 5.11 Å². The van der Waals surface area contributed by atoms with Crippen molar-refractivity contribution in [1.82, 2.24) is 4.72 Å². The van der Waals surface area contributed by atoms with E-state index in [0.717, 1.165) is 19.3 Å². The summed E-state index contributed by atoms with van der Waals surface area (Å²) in [6, 6.07) is 14.1. The van der Waals surface area contributed by atoms with Gasteiger partial charge >= 0.3 is 0 Å². The largest absolute Gasteiger partial charge is 0.332 e. The SMILES string of the molecule is O=S(=O)(NC12CC3CC(CC(C3)C1)C2)c1ccc(NC(=S)Nc2ccccc2Cl)cc1. The van der Waals surface area contributed by atoms with Gasteiger partial charge in [-0.2, -0.15) is 0 Å². The Morgan fingerprint density at radius 1 is 0.903 bits per heavy atom. The fraction of sp³-hybridized carbons (Fsp3) is 0.435. The zero-order chi connectivity index (χ0) is 21.6. The third-order valence-corrected chi connectivity index (χ3v) is 9.06. The first kappa shape index (κ1) is 21.2. The lowest BCUT2D eigenvalue weighted by Gasteiger charge is -2.56. The van der Waals surface area contributed by atoms with Crippen LogP contribution < -0.4 is 15.4 Å². The molecule has 0 saturated heterocycles. The number of hydrogen-bond donors (Lipinski definition) is 3. The summed E-state index contributed by atoms with van der Waals surface area (Å²) in [5, 5.41) is 7.07. The van der Waals surface area contributed by atoms with Gasteiger partial charge in [-0.25, -0.2) is 13.1 Å². The molecule has 31 heavy (non-hydrogen) atoms. The summed E-state index contributed by atoms with van der Waals surface area (Å²) in [5.74, 6) is 2.06. The summed E-state index contributed by atoms with van der Waals surface area (Å²) in [6.45, 7) is 0. The van der Waals surface area contributed by atoms with Gasteiger partial charge in [0.05, 0.1) is 15.6 Å². The summed E-state index contributed by atoms with van der Waals surface area (Å²) in [4.78, 5) is 0.291. The highest BCUT2D eigenvalue weighted by molar-refractivity contribution is 7.89. The third-order valence-electron chi connectivity index (χ3n) is 6.93. The van der Waals surface area contributed by atoms with E-state index >= 15 is 0 Å². The van der Waals surface area contributed by atoms with E-state index in [-0.39, 0.29) is 5.54 Å². The van der Waals surface area contributed by atoms with Crippen molar-refractivity contribution >= 4 is 50.3 Å². The van der Waals surface area contributed by atoms with Gasteiger partial charge in [0.2, 0.25) is 10.0 Å². The highest BCUT2D eigenvalue weighted by atomic mass is 35.5. The van der Waals surface area contributed by atoms with Crippen molar-refractivity contribution in [2.45, 2.75) is 49.0 Å². The standard InChI is InChI=1S/C23H26ClN3O2S2/c24-20-3-1-2-4-21(20)26-22(30)25-18-5-7-19(8-6-18)31(28,29)27-23-12-15-9-16(13-23)11-17(10-15)14-23/h1-8,15-17,27H,9-14H2,(H2,25,26,30). The summed E-state index contributed by atoms with van der Waals surface area (Å²) in [6.07, 6.45) is 6.80. The Bertz CT molecular complexity index is 1070. The topological polar surface area (TPSA) is 70.2 Å². The number of thiocarbonyl (C=S) groups is 1. The van der Waals surface area contributed by atoms with Crippen LogP contribution in [0.1, 0.15) is 38.5 Å². The van der Waals surface area contributed by atoms with Crippen LogP contribution in [0.3, 0.4) is 0 Å². The van der Waals surface area contributed by atoms with Gasteiger partial charge in [-0.05, 0) is 105 Å². The molecule has 2 aromatic rings. The molecular formula is C23H26ClN3O2S2. The van der Waals surface area contributed by atoms with Crippen molar-refractivity contribution in [2.75, 3.05) is 10.6 Å². The Hall–Kier alpha value is -1.67. The minimum Gasteiger partial charge on any atom is -0.332 e. The Kier molecular flexibility index (Phi) is 5.49. The second-order valence-electron chi connectivity index (χ2n) is 9.39. The van der Waals surface area contributed by atoms with Crippen LogP contribution >= 0.6 is 23.8 Å². The molecule has 5 nitrogen and oxygen atoms in total. The van der Waals surface area contributed by atoms with E-state index in [1.807, 2.05) is 18.2 Å². The molecule has 3 N–H and O–H groups in total. The molecule has 4 aliphatic rings. The molecule has 8 heteroatoms. The molecule has 2 aromatic carbocycles. The molecule has 164 valence electrons. The third kappa shape index (κ3) is 4.46. The maximum Gasteiger partial charge on any atom is 0.241 e. The smallest absolute Gasteiger partial charge is 0.241 e. The Labute approximate surface area is 194 Å². The summed E-state index contributed by atoms with van der Waals surface area (Å²) < 4.78 is 29.4. The number of para-hydroxylation sites is 1. The van der Waals surface area contributed by atoms with E-state index in [1.54, 1.807) is 30.3 Å². The molecule has 0 aromatic heterocycles. The van der Waals surface area contributed by atoms with Crippen molar-refractivity contribution < 1.29 is 8.42 Å². The molecule has 0 spiro atoms. The van der Waals surface area contributed by atoms with E-state index in [4.69, 9.17) is 23.8 Å². The van der Waals surface area contributed by atoms with Crippen LogP contribution in [0.2, 0.25) is 5.02 Å². The minimum atomic E-state index is -3.57. The van der Waals surface area contributed by atoms with Crippen molar-refractivity contribution in [2.24, 2.45) is 17.8 Å². The van der Waals surface area contributed by atoms with E-state index in [1.165, 1.54) is 19.3 Å². The van der Waals surface area contributed by atoms with E-state index < -0.39 is 10.0 Å². The minimum absolute atomic E-state index is 0.245. The molecule has 4 bridgehead atoms. The summed E-state index contributed by atoms with van der Waals surface area (Å²) in [7, 11) is -3.57. The lowest BCUT2D eigenvalue weighted by molar-refractivity contribution is -0.00810. The summed E-state index contributed by atoms with van der Waals surface area (Å²) >= 11 is 11.5. The lowest BCUT2D eigenvalue weighted by atomic mass is 9.53. The molecule has 6 rings (SSSR count). The fourth-order valence-electron chi connectivity index (χ4n) is 6.14. The molecular weight excluding hydrogens is 450 g/mol. The highest BCUT2D eigenvalue weighted by Crippen LogP contribution is 2.55. The van der Waals surface area contributed by atoms with Crippen LogP contribution in [0.4, 0.5) is 11.4 Å². The van der Waals surface area contributed by atoms with Crippen LogP contribution in [0.15, 0.2) is 53.4 Å². The maximum absolute atomic E-state index is 13.1. The first-order valence-electron chi connectivity index (χ1n) is 10.8. The molecule has 0 unspecified atom stereocenters. The second-order valence-corrected chi connectivity index (χ2v) is 11.9. The Balaban J connectivity index is 1.25. The molecule has 0 aliphatic heterocycles. The zero-order valence-corrected chi connectivity index (χ0v) is 19.5. The number of rotatable bonds is 5. The van der Waals surface area contributed by atoms with Crippen LogP contribution in [0.25, 0.3) is 0 Å². The van der Waals surface area contributed by atoms with Crippen molar-refractivity contribution in [3.8, 4) is 0 Å².